The Morgan fingerprint density at radius 1 is 1.14 bits per heavy atom. The van der Waals surface area contributed by atoms with Gasteiger partial charge in [0.05, 0.1) is 0 Å². The Morgan fingerprint density at radius 2 is 1.81 bits per heavy atom. The second-order valence-corrected chi connectivity index (χ2v) is 5.20. The Morgan fingerprint density at radius 3 is 2.48 bits per heavy atom. The summed E-state index contributed by atoms with van der Waals surface area (Å²) >= 11 is 0. The van der Waals surface area contributed by atoms with Crippen LogP contribution in [0.25, 0.3) is 0 Å². The first-order valence-electron chi connectivity index (χ1n) is 7.02. The number of carbonyl (C=O) groups is 2. The van der Waals surface area contributed by atoms with Crippen LogP contribution < -0.4 is 0 Å². The third-order valence-corrected chi connectivity index (χ3v) is 3.11. The van der Waals surface area contributed by atoms with Crippen LogP contribution in [0.2, 0.25) is 0 Å². The zero-order valence-electron chi connectivity index (χ0n) is 12.4. The van der Waals surface area contributed by atoms with Gasteiger partial charge in [-0.05, 0) is 25.8 Å². The Hall–Kier alpha value is -2.30. The molecule has 5 nitrogen and oxygen atoms in total. The number of hydrogen-bond acceptors (Lipinski definition) is 3. The van der Waals surface area contributed by atoms with E-state index in [-0.39, 0.29) is 12.5 Å². The maximum absolute atomic E-state index is 12.1. The van der Waals surface area contributed by atoms with Crippen molar-refractivity contribution in [2.45, 2.75) is 26.9 Å². The Kier molecular flexibility index (Phi) is 4.98. The van der Waals surface area contributed by atoms with E-state index in [9.17, 15) is 9.59 Å². The highest BCUT2D eigenvalue weighted by molar-refractivity contribution is 5.89. The van der Waals surface area contributed by atoms with E-state index in [1.165, 1.54) is 16.1 Å². The molecule has 1 aliphatic heterocycles. The second-order valence-electron chi connectivity index (χ2n) is 5.20. The molecule has 21 heavy (non-hydrogen) atoms. The Bertz CT molecular complexity index is 536. The molecule has 0 saturated carbocycles. The molecular weight excluding hydrogens is 268 g/mol. The average molecular weight is 288 g/mol. The molecule has 0 aliphatic carbocycles. The summed E-state index contributed by atoms with van der Waals surface area (Å²) in [7, 11) is 0. The Labute approximate surface area is 124 Å². The van der Waals surface area contributed by atoms with Gasteiger partial charge in [0, 0.05) is 19.2 Å². The van der Waals surface area contributed by atoms with Gasteiger partial charge in [0.15, 0.2) is 0 Å². The van der Waals surface area contributed by atoms with E-state index in [1.807, 2.05) is 44.2 Å². The van der Waals surface area contributed by atoms with Gasteiger partial charge in [0.25, 0.3) is 5.91 Å². The summed E-state index contributed by atoms with van der Waals surface area (Å²) in [5.41, 5.74) is 1.83. The molecule has 1 aromatic carbocycles. The molecule has 112 valence electrons. The number of rotatable bonds is 3. The zero-order chi connectivity index (χ0) is 15.2. The molecule has 0 radical (unpaired) electrons. The first-order valence-corrected chi connectivity index (χ1v) is 7.02. The highest BCUT2D eigenvalue weighted by Gasteiger charge is 2.30. The van der Waals surface area contributed by atoms with Crippen molar-refractivity contribution in [3.63, 3.8) is 0 Å². The molecule has 2 amide bonds. The predicted octanol–water partition coefficient (Wildman–Crippen LogP) is 2.74. The van der Waals surface area contributed by atoms with Crippen molar-refractivity contribution < 1.29 is 14.3 Å². The van der Waals surface area contributed by atoms with Crippen LogP contribution in [0.4, 0.5) is 4.79 Å². The maximum atomic E-state index is 12.1. The number of hydrazine groups is 1. The van der Waals surface area contributed by atoms with Gasteiger partial charge in [0.2, 0.25) is 0 Å². The smallest absolute Gasteiger partial charge is 0.429 e. The number of allylic oxidation sites excluding steroid dienone is 1. The quantitative estimate of drug-likeness (QED) is 0.804. The third kappa shape index (κ3) is 4.08. The van der Waals surface area contributed by atoms with Crippen molar-refractivity contribution in [1.29, 1.82) is 0 Å². The van der Waals surface area contributed by atoms with E-state index in [0.29, 0.717) is 13.1 Å². The predicted molar refractivity (Wildman–Crippen MR) is 79.1 cm³/mol. The largest absolute Gasteiger partial charge is 0.443 e. The van der Waals surface area contributed by atoms with Crippen LogP contribution >= 0.6 is 0 Å². The minimum atomic E-state index is -0.480. The maximum Gasteiger partial charge on any atom is 0.429 e. The van der Waals surface area contributed by atoms with Crippen LogP contribution in [-0.4, -0.2) is 35.1 Å². The first-order chi connectivity index (χ1) is 10.1. The van der Waals surface area contributed by atoms with Crippen molar-refractivity contribution in [3.05, 3.63) is 47.5 Å². The fourth-order valence-corrected chi connectivity index (χ4v) is 2.15. The van der Waals surface area contributed by atoms with Gasteiger partial charge in [-0.15, -0.1) is 0 Å². The SMILES string of the molecule is CC(C)=CC(=O)N1CCCN1C(=O)OCc1ccccc1. The third-order valence-electron chi connectivity index (χ3n) is 3.11. The van der Waals surface area contributed by atoms with Crippen molar-refractivity contribution in [2.24, 2.45) is 0 Å². The number of carbonyl (C=O) groups excluding carboxylic acids is 2. The molecule has 1 heterocycles. The zero-order valence-corrected chi connectivity index (χ0v) is 12.4. The lowest BCUT2D eigenvalue weighted by molar-refractivity contribution is -0.136. The molecule has 2 rings (SSSR count). The summed E-state index contributed by atoms with van der Waals surface area (Å²) < 4.78 is 5.27. The van der Waals surface area contributed by atoms with Crippen LogP contribution in [0.15, 0.2) is 42.0 Å². The first kappa shape index (κ1) is 15.1. The van der Waals surface area contributed by atoms with Gasteiger partial charge >= 0.3 is 6.09 Å². The summed E-state index contributed by atoms with van der Waals surface area (Å²) in [4.78, 5) is 24.2. The lowest BCUT2D eigenvalue weighted by Gasteiger charge is -2.26. The monoisotopic (exact) mass is 288 g/mol. The summed E-state index contributed by atoms with van der Waals surface area (Å²) in [6.07, 6.45) is 1.82. The summed E-state index contributed by atoms with van der Waals surface area (Å²) in [5, 5.41) is 2.82. The van der Waals surface area contributed by atoms with Crippen molar-refractivity contribution in [3.8, 4) is 0 Å². The van der Waals surface area contributed by atoms with Gasteiger partial charge < -0.3 is 4.74 Å². The normalized spacial score (nSPS) is 14.0. The van der Waals surface area contributed by atoms with Gasteiger partial charge in [-0.25, -0.2) is 14.8 Å². The molecule has 0 aromatic heterocycles. The van der Waals surface area contributed by atoms with E-state index >= 15 is 0 Å². The lowest BCUT2D eigenvalue weighted by atomic mass is 10.2. The fourth-order valence-electron chi connectivity index (χ4n) is 2.15. The molecule has 1 saturated heterocycles. The second kappa shape index (κ2) is 6.92. The number of hydrogen-bond donors (Lipinski definition) is 0. The van der Waals surface area contributed by atoms with Crippen molar-refractivity contribution in [2.75, 3.05) is 13.1 Å². The lowest BCUT2D eigenvalue weighted by Crippen LogP contribution is -2.44. The van der Waals surface area contributed by atoms with Gasteiger partial charge in [-0.3, -0.25) is 4.79 Å². The highest BCUT2D eigenvalue weighted by atomic mass is 16.6. The topological polar surface area (TPSA) is 49.9 Å². The van der Waals surface area contributed by atoms with Crippen LogP contribution in [0.5, 0.6) is 0 Å². The molecule has 0 bridgehead atoms. The minimum absolute atomic E-state index is 0.177. The van der Waals surface area contributed by atoms with Gasteiger partial charge in [-0.2, -0.15) is 0 Å². The van der Waals surface area contributed by atoms with E-state index in [1.54, 1.807) is 0 Å². The van der Waals surface area contributed by atoms with E-state index in [0.717, 1.165) is 17.6 Å². The molecule has 0 unspecified atom stereocenters. The molecule has 1 fully saturated rings. The Balaban J connectivity index is 1.95. The van der Waals surface area contributed by atoms with Crippen LogP contribution in [-0.2, 0) is 16.1 Å². The summed E-state index contributed by atoms with van der Waals surface area (Å²) in [6.45, 7) is 4.97. The van der Waals surface area contributed by atoms with Gasteiger partial charge in [-0.1, -0.05) is 35.9 Å². The number of nitrogens with zero attached hydrogens (tertiary/aromatic N) is 2. The van der Waals surface area contributed by atoms with Crippen molar-refractivity contribution >= 4 is 12.0 Å². The molecule has 1 aliphatic rings. The summed E-state index contributed by atoms with van der Waals surface area (Å²) in [6, 6.07) is 9.48. The van der Waals surface area contributed by atoms with Crippen LogP contribution in [0.3, 0.4) is 0 Å². The van der Waals surface area contributed by atoms with E-state index < -0.39 is 6.09 Å². The standard InChI is InChI=1S/C16H20N2O3/c1-13(2)11-15(19)17-9-6-10-18(17)16(20)21-12-14-7-4-3-5-8-14/h3-5,7-8,11H,6,9-10,12H2,1-2H3. The molecule has 0 spiro atoms. The molecule has 0 atom stereocenters. The molecule has 5 heteroatoms. The van der Waals surface area contributed by atoms with Crippen molar-refractivity contribution in [1.82, 2.24) is 10.0 Å². The van der Waals surface area contributed by atoms with Crippen LogP contribution in [0, 0.1) is 0 Å². The fraction of sp³-hybridized carbons (Fsp3) is 0.375. The van der Waals surface area contributed by atoms with E-state index in [2.05, 4.69) is 0 Å². The molecule has 0 N–H and O–H groups in total. The molecule has 1 aromatic rings. The number of amides is 2. The number of benzene rings is 1. The number of ether oxygens (including phenoxy) is 1. The summed E-state index contributed by atoms with van der Waals surface area (Å²) in [5.74, 6) is -0.177. The average Bonchev–Trinajstić information content (AvgIpc) is 2.95. The van der Waals surface area contributed by atoms with Gasteiger partial charge in [0.1, 0.15) is 6.61 Å². The minimum Gasteiger partial charge on any atom is -0.443 e. The highest BCUT2D eigenvalue weighted by Crippen LogP contribution is 2.14. The van der Waals surface area contributed by atoms with Crippen LogP contribution in [0.1, 0.15) is 25.8 Å². The molecular formula is C16H20N2O3. The van der Waals surface area contributed by atoms with E-state index in [4.69, 9.17) is 4.74 Å².